The topological polar surface area (TPSA) is 94.8 Å². The molecule has 0 radical (unpaired) electrons. The zero-order valence-electron chi connectivity index (χ0n) is 12.2. The van der Waals surface area contributed by atoms with Gasteiger partial charge in [0.2, 0.25) is 11.8 Å². The molecule has 8 heteroatoms. The molecule has 1 N–H and O–H groups in total. The number of nitrogens with zero attached hydrogens (tertiary/aromatic N) is 5. The SMILES string of the molecule is O=C(Cn1cnnn1)NCc1cccc(Oc2ccccn2)c1. The van der Waals surface area contributed by atoms with Crippen LogP contribution in [0.4, 0.5) is 0 Å². The Balaban J connectivity index is 1.56. The average molecular weight is 310 g/mol. The van der Waals surface area contributed by atoms with Gasteiger partial charge in [-0.15, -0.1) is 5.10 Å². The fraction of sp³-hybridized carbons (Fsp3) is 0.133. The molecule has 0 saturated carbocycles. The summed E-state index contributed by atoms with van der Waals surface area (Å²) in [5, 5.41) is 13.4. The van der Waals surface area contributed by atoms with Crippen LogP contribution in [0, 0.1) is 0 Å². The van der Waals surface area contributed by atoms with Crippen molar-refractivity contribution >= 4 is 5.91 Å². The van der Waals surface area contributed by atoms with Gasteiger partial charge in [0, 0.05) is 18.8 Å². The summed E-state index contributed by atoms with van der Waals surface area (Å²) in [6.45, 7) is 0.470. The molecule has 0 bridgehead atoms. The number of nitrogens with one attached hydrogen (secondary N) is 1. The van der Waals surface area contributed by atoms with Crippen molar-refractivity contribution in [1.82, 2.24) is 30.5 Å². The van der Waals surface area contributed by atoms with Crippen molar-refractivity contribution in [3.05, 3.63) is 60.6 Å². The van der Waals surface area contributed by atoms with Gasteiger partial charge in [0.1, 0.15) is 18.6 Å². The third-order valence-electron chi connectivity index (χ3n) is 2.95. The molecule has 2 aromatic heterocycles. The molecule has 3 aromatic rings. The molecule has 116 valence electrons. The zero-order valence-corrected chi connectivity index (χ0v) is 12.2. The summed E-state index contributed by atoms with van der Waals surface area (Å²) in [4.78, 5) is 15.9. The van der Waals surface area contributed by atoms with Gasteiger partial charge in [-0.05, 0) is 34.2 Å². The Bertz CT molecular complexity index is 761. The summed E-state index contributed by atoms with van der Waals surface area (Å²) in [7, 11) is 0. The predicted octanol–water partition coefficient (Wildman–Crippen LogP) is 1.18. The molecule has 23 heavy (non-hydrogen) atoms. The molecule has 8 nitrogen and oxygen atoms in total. The number of tetrazole rings is 1. The summed E-state index contributed by atoms with van der Waals surface area (Å²) in [5.74, 6) is 1.01. The highest BCUT2D eigenvalue weighted by Crippen LogP contribution is 2.19. The van der Waals surface area contributed by atoms with E-state index >= 15 is 0 Å². The van der Waals surface area contributed by atoms with Crippen LogP contribution < -0.4 is 10.1 Å². The van der Waals surface area contributed by atoms with Gasteiger partial charge < -0.3 is 10.1 Å². The van der Waals surface area contributed by atoms with Crippen LogP contribution in [0.5, 0.6) is 11.6 Å². The van der Waals surface area contributed by atoms with E-state index in [0.29, 0.717) is 18.2 Å². The van der Waals surface area contributed by atoms with Crippen molar-refractivity contribution < 1.29 is 9.53 Å². The molecule has 0 saturated heterocycles. The van der Waals surface area contributed by atoms with Crippen LogP contribution in [-0.4, -0.2) is 31.1 Å². The highest BCUT2D eigenvalue weighted by atomic mass is 16.5. The molecule has 0 fully saturated rings. The number of ether oxygens (including phenoxy) is 1. The van der Waals surface area contributed by atoms with Gasteiger partial charge in [-0.1, -0.05) is 18.2 Å². The lowest BCUT2D eigenvalue weighted by Crippen LogP contribution is -2.27. The fourth-order valence-electron chi connectivity index (χ4n) is 1.90. The second kappa shape index (κ2) is 7.12. The smallest absolute Gasteiger partial charge is 0.242 e. The Morgan fingerprint density at radius 1 is 1.22 bits per heavy atom. The largest absolute Gasteiger partial charge is 0.439 e. The number of carbonyl (C=O) groups excluding carboxylic acids is 1. The van der Waals surface area contributed by atoms with E-state index in [1.165, 1.54) is 11.0 Å². The van der Waals surface area contributed by atoms with Crippen molar-refractivity contribution in [1.29, 1.82) is 0 Å². The maximum Gasteiger partial charge on any atom is 0.242 e. The zero-order chi connectivity index (χ0) is 15.9. The van der Waals surface area contributed by atoms with E-state index in [4.69, 9.17) is 4.74 Å². The van der Waals surface area contributed by atoms with E-state index in [9.17, 15) is 4.79 Å². The normalized spacial score (nSPS) is 10.3. The maximum absolute atomic E-state index is 11.8. The first-order chi connectivity index (χ1) is 11.3. The highest BCUT2D eigenvalue weighted by molar-refractivity contribution is 5.75. The Hall–Kier alpha value is -3.29. The molecule has 0 aliphatic heterocycles. The molecule has 1 amide bonds. The third-order valence-corrected chi connectivity index (χ3v) is 2.95. The Labute approximate surface area is 132 Å². The quantitative estimate of drug-likeness (QED) is 0.734. The van der Waals surface area contributed by atoms with Crippen molar-refractivity contribution in [3.63, 3.8) is 0 Å². The standard InChI is InChI=1S/C15H14N6O2/c22-14(10-21-11-18-19-20-21)17-9-12-4-3-5-13(8-12)23-15-6-1-2-7-16-15/h1-8,11H,9-10H2,(H,17,22). The molecule has 1 aromatic carbocycles. The van der Waals surface area contributed by atoms with Crippen LogP contribution in [0.1, 0.15) is 5.56 Å². The number of benzene rings is 1. The lowest BCUT2D eigenvalue weighted by Gasteiger charge is -2.08. The molecule has 0 aliphatic rings. The van der Waals surface area contributed by atoms with Crippen LogP contribution >= 0.6 is 0 Å². The van der Waals surface area contributed by atoms with Gasteiger partial charge >= 0.3 is 0 Å². The van der Waals surface area contributed by atoms with E-state index in [1.54, 1.807) is 12.3 Å². The maximum atomic E-state index is 11.8. The lowest BCUT2D eigenvalue weighted by atomic mass is 10.2. The Morgan fingerprint density at radius 3 is 2.96 bits per heavy atom. The number of amides is 1. The first-order valence-corrected chi connectivity index (χ1v) is 6.95. The number of hydrogen-bond donors (Lipinski definition) is 1. The monoisotopic (exact) mass is 310 g/mol. The summed E-state index contributed by atoms with van der Waals surface area (Å²) in [6, 6.07) is 12.9. The van der Waals surface area contributed by atoms with Crippen molar-refractivity contribution in [2.24, 2.45) is 0 Å². The minimum Gasteiger partial charge on any atom is -0.439 e. The number of aromatic nitrogens is 5. The molecule has 0 spiro atoms. The van der Waals surface area contributed by atoms with Crippen LogP contribution in [0.25, 0.3) is 0 Å². The Kier molecular flexibility index (Phi) is 4.53. The number of pyridine rings is 1. The van der Waals surface area contributed by atoms with Gasteiger partial charge in [0.05, 0.1) is 0 Å². The van der Waals surface area contributed by atoms with E-state index in [0.717, 1.165) is 5.56 Å². The first-order valence-electron chi connectivity index (χ1n) is 6.95. The van der Waals surface area contributed by atoms with Gasteiger partial charge in [-0.25, -0.2) is 9.67 Å². The van der Waals surface area contributed by atoms with Gasteiger partial charge in [0.15, 0.2) is 0 Å². The molecule has 0 atom stereocenters. The summed E-state index contributed by atoms with van der Waals surface area (Å²) < 4.78 is 7.01. The van der Waals surface area contributed by atoms with E-state index in [1.807, 2.05) is 36.4 Å². The van der Waals surface area contributed by atoms with Crippen molar-refractivity contribution in [2.45, 2.75) is 13.1 Å². The summed E-state index contributed by atoms with van der Waals surface area (Å²) >= 11 is 0. The van der Waals surface area contributed by atoms with Gasteiger partial charge in [0.25, 0.3) is 0 Å². The number of rotatable bonds is 6. The molecule has 0 aliphatic carbocycles. The molecular weight excluding hydrogens is 296 g/mol. The van der Waals surface area contributed by atoms with Gasteiger partial charge in [-0.3, -0.25) is 4.79 Å². The second-order valence-corrected chi connectivity index (χ2v) is 4.70. The van der Waals surface area contributed by atoms with Crippen molar-refractivity contribution in [3.8, 4) is 11.6 Å². The van der Waals surface area contributed by atoms with Crippen LogP contribution in [0.15, 0.2) is 55.0 Å². The lowest BCUT2D eigenvalue weighted by molar-refractivity contribution is -0.122. The number of hydrogen-bond acceptors (Lipinski definition) is 6. The van der Waals surface area contributed by atoms with E-state index < -0.39 is 0 Å². The minimum atomic E-state index is -0.173. The van der Waals surface area contributed by atoms with Crippen LogP contribution in [0.2, 0.25) is 0 Å². The van der Waals surface area contributed by atoms with Gasteiger partial charge in [-0.2, -0.15) is 0 Å². The Morgan fingerprint density at radius 2 is 2.17 bits per heavy atom. The third kappa shape index (κ3) is 4.34. The van der Waals surface area contributed by atoms with E-state index in [2.05, 4.69) is 25.8 Å². The fourth-order valence-corrected chi connectivity index (χ4v) is 1.90. The first kappa shape index (κ1) is 14.6. The highest BCUT2D eigenvalue weighted by Gasteiger charge is 2.05. The van der Waals surface area contributed by atoms with E-state index in [-0.39, 0.29) is 12.5 Å². The van der Waals surface area contributed by atoms with Crippen molar-refractivity contribution in [2.75, 3.05) is 0 Å². The number of carbonyl (C=O) groups is 1. The summed E-state index contributed by atoms with van der Waals surface area (Å²) in [6.07, 6.45) is 3.05. The van der Waals surface area contributed by atoms with Crippen LogP contribution in [-0.2, 0) is 17.9 Å². The molecular formula is C15H14N6O2. The molecule has 3 rings (SSSR count). The average Bonchev–Trinajstić information content (AvgIpc) is 3.07. The molecule has 2 heterocycles. The minimum absolute atomic E-state index is 0.0805. The summed E-state index contributed by atoms with van der Waals surface area (Å²) in [5.41, 5.74) is 0.920. The molecule has 0 unspecified atom stereocenters. The predicted molar refractivity (Wildman–Crippen MR) is 80.4 cm³/mol. The van der Waals surface area contributed by atoms with Crippen LogP contribution in [0.3, 0.4) is 0 Å². The second-order valence-electron chi connectivity index (χ2n) is 4.70.